The maximum Gasteiger partial charge on any atom is 0.243 e. The third-order valence-corrected chi connectivity index (χ3v) is 7.70. The first kappa shape index (κ1) is 27.3. The van der Waals surface area contributed by atoms with Crippen molar-refractivity contribution in [3.05, 3.63) is 89.5 Å². The van der Waals surface area contributed by atoms with Crippen molar-refractivity contribution >= 4 is 22.8 Å². The summed E-state index contributed by atoms with van der Waals surface area (Å²) < 4.78 is 6.99. The van der Waals surface area contributed by atoms with Gasteiger partial charge in [-0.25, -0.2) is 4.68 Å². The van der Waals surface area contributed by atoms with Gasteiger partial charge in [0, 0.05) is 20.1 Å². The molecule has 1 aliphatic heterocycles. The smallest absolute Gasteiger partial charge is 0.243 e. The quantitative estimate of drug-likeness (QED) is 0.320. The van der Waals surface area contributed by atoms with Crippen LogP contribution in [0.4, 0.5) is 0 Å². The summed E-state index contributed by atoms with van der Waals surface area (Å²) >= 11 is 0. The Kier molecular flexibility index (Phi) is 8.40. The number of aryl methyl sites for hydroxylation is 2. The molecule has 1 aliphatic rings. The molecule has 2 amide bonds. The van der Waals surface area contributed by atoms with Crippen LogP contribution in [0.3, 0.4) is 0 Å². The topological polar surface area (TPSA) is 115 Å². The zero-order valence-electron chi connectivity index (χ0n) is 23.0. The number of carbonyl (C=O) groups excluding carboxylic acids is 2. The van der Waals surface area contributed by atoms with Gasteiger partial charge in [-0.3, -0.25) is 9.59 Å². The summed E-state index contributed by atoms with van der Waals surface area (Å²) in [5.41, 5.74) is 11.3. The number of nitrogens with one attached hydrogen (secondary N) is 1. The third-order valence-electron chi connectivity index (χ3n) is 7.70. The van der Waals surface area contributed by atoms with Crippen molar-refractivity contribution in [2.75, 3.05) is 13.7 Å². The minimum Gasteiger partial charge on any atom is -0.497 e. The summed E-state index contributed by atoms with van der Waals surface area (Å²) in [4.78, 5) is 28.8. The number of methoxy groups -OCH3 is 1. The Bertz CT molecular complexity index is 1450. The normalized spacial score (nSPS) is 17.6. The van der Waals surface area contributed by atoms with Crippen LogP contribution in [0, 0.1) is 5.92 Å². The van der Waals surface area contributed by atoms with Crippen LogP contribution in [0.15, 0.2) is 72.8 Å². The molecule has 0 unspecified atom stereocenters. The van der Waals surface area contributed by atoms with E-state index in [0.717, 1.165) is 39.9 Å². The Morgan fingerprint density at radius 2 is 1.80 bits per heavy atom. The van der Waals surface area contributed by atoms with Crippen LogP contribution in [0.1, 0.15) is 29.5 Å². The lowest BCUT2D eigenvalue weighted by Gasteiger charge is -2.27. The molecule has 0 saturated carbocycles. The highest BCUT2D eigenvalue weighted by atomic mass is 16.5. The van der Waals surface area contributed by atoms with Gasteiger partial charge in [-0.15, -0.1) is 5.10 Å². The first-order valence-electron chi connectivity index (χ1n) is 13.7. The molecule has 40 heavy (non-hydrogen) atoms. The number of carbonyl (C=O) groups is 2. The molecular formula is C31H36N6O3. The highest BCUT2D eigenvalue weighted by Gasteiger charge is 2.40. The largest absolute Gasteiger partial charge is 0.497 e. The fourth-order valence-corrected chi connectivity index (χ4v) is 5.46. The number of ether oxygens (including phenoxy) is 1. The molecule has 0 radical (unpaired) electrons. The highest BCUT2D eigenvalue weighted by molar-refractivity contribution is 5.90. The van der Waals surface area contributed by atoms with Gasteiger partial charge in [0.1, 0.15) is 17.3 Å². The van der Waals surface area contributed by atoms with Crippen LogP contribution in [0.5, 0.6) is 5.75 Å². The number of nitrogens with two attached hydrogens (primary N) is 1. The lowest BCUT2D eigenvalue weighted by molar-refractivity contribution is -0.139. The Morgan fingerprint density at radius 3 is 2.55 bits per heavy atom. The van der Waals surface area contributed by atoms with Crippen LogP contribution < -0.4 is 15.8 Å². The van der Waals surface area contributed by atoms with Crippen molar-refractivity contribution in [1.29, 1.82) is 0 Å². The van der Waals surface area contributed by atoms with Crippen molar-refractivity contribution in [1.82, 2.24) is 25.2 Å². The second kappa shape index (κ2) is 12.3. The van der Waals surface area contributed by atoms with E-state index in [0.29, 0.717) is 32.4 Å². The van der Waals surface area contributed by atoms with E-state index in [1.54, 1.807) is 16.7 Å². The van der Waals surface area contributed by atoms with E-state index < -0.39 is 12.1 Å². The number of amides is 2. The molecule has 1 aromatic heterocycles. The number of benzene rings is 3. The van der Waals surface area contributed by atoms with Gasteiger partial charge in [0.2, 0.25) is 11.8 Å². The molecule has 5 rings (SSSR count). The minimum absolute atomic E-state index is 0.144. The number of hydrogen-bond acceptors (Lipinski definition) is 6. The molecule has 0 bridgehead atoms. The summed E-state index contributed by atoms with van der Waals surface area (Å²) in [5, 5.41) is 11.3. The molecule has 3 atom stereocenters. The summed E-state index contributed by atoms with van der Waals surface area (Å²) in [5.74, 6) is 0.605. The number of fused-ring (bicyclic) bond motifs is 1. The highest BCUT2D eigenvalue weighted by Crippen LogP contribution is 2.28. The molecule has 9 nitrogen and oxygen atoms in total. The van der Waals surface area contributed by atoms with Gasteiger partial charge in [0.15, 0.2) is 0 Å². The van der Waals surface area contributed by atoms with Gasteiger partial charge in [-0.1, -0.05) is 53.7 Å². The summed E-state index contributed by atoms with van der Waals surface area (Å²) in [7, 11) is 3.49. The second-order valence-electron chi connectivity index (χ2n) is 10.5. The van der Waals surface area contributed by atoms with Crippen molar-refractivity contribution in [3.8, 4) is 5.75 Å². The maximum absolute atomic E-state index is 13.6. The Morgan fingerprint density at radius 1 is 1.05 bits per heavy atom. The second-order valence-corrected chi connectivity index (χ2v) is 10.5. The van der Waals surface area contributed by atoms with Crippen LogP contribution in [-0.2, 0) is 36.0 Å². The zero-order valence-corrected chi connectivity index (χ0v) is 23.0. The third kappa shape index (κ3) is 6.31. The first-order valence-corrected chi connectivity index (χ1v) is 13.7. The monoisotopic (exact) mass is 540 g/mol. The molecule has 3 aromatic carbocycles. The molecule has 1 fully saturated rings. The number of likely N-dealkylation sites (tertiary alicyclic amines) is 1. The van der Waals surface area contributed by atoms with Gasteiger partial charge < -0.3 is 20.7 Å². The van der Waals surface area contributed by atoms with Gasteiger partial charge in [0.25, 0.3) is 0 Å². The summed E-state index contributed by atoms with van der Waals surface area (Å²) in [6.07, 6.45) is 2.58. The molecule has 1 saturated heterocycles. The predicted molar refractivity (Wildman–Crippen MR) is 153 cm³/mol. The fraction of sp³-hybridized carbons (Fsp3) is 0.355. The van der Waals surface area contributed by atoms with Crippen molar-refractivity contribution < 1.29 is 14.3 Å². The average molecular weight is 541 g/mol. The van der Waals surface area contributed by atoms with E-state index in [2.05, 4.69) is 15.6 Å². The zero-order chi connectivity index (χ0) is 28.1. The lowest BCUT2D eigenvalue weighted by Crippen LogP contribution is -2.51. The van der Waals surface area contributed by atoms with Crippen LogP contribution >= 0.6 is 0 Å². The predicted octanol–water partition coefficient (Wildman–Crippen LogP) is 3.01. The lowest BCUT2D eigenvalue weighted by atomic mass is 9.96. The molecule has 208 valence electrons. The minimum atomic E-state index is -0.672. The number of nitrogens with zero attached hydrogens (tertiary/aromatic N) is 4. The Balaban J connectivity index is 1.27. The number of aromatic nitrogens is 3. The van der Waals surface area contributed by atoms with Crippen molar-refractivity contribution in [3.63, 3.8) is 0 Å². The molecule has 4 aromatic rings. The van der Waals surface area contributed by atoms with Gasteiger partial charge in [-0.05, 0) is 72.6 Å². The Labute approximate surface area is 234 Å². The van der Waals surface area contributed by atoms with Crippen molar-refractivity contribution in [2.24, 2.45) is 18.7 Å². The molecular weight excluding hydrogens is 504 g/mol. The van der Waals surface area contributed by atoms with Gasteiger partial charge in [-0.2, -0.15) is 0 Å². The van der Waals surface area contributed by atoms with E-state index in [1.165, 1.54) is 0 Å². The standard InChI is InChI=1S/C31H36N6O3/c1-36-28-15-11-23(17-27(28)34-35-36)19-33-30(38)29-18-24(16-22-8-12-25(40-2)13-9-22)20-37(29)31(39)26(32)14-10-21-6-4-3-5-7-21/h3-9,11-13,15,17,24,26,29H,10,14,16,18-20,32H2,1-2H3,(H,33,38)/t24-,26-,29+/m1/s1. The van der Waals surface area contributed by atoms with E-state index >= 15 is 0 Å². The number of rotatable bonds is 10. The van der Waals surface area contributed by atoms with E-state index in [1.807, 2.05) is 79.8 Å². The Hall–Kier alpha value is -4.24. The molecule has 2 heterocycles. The summed E-state index contributed by atoms with van der Waals surface area (Å²) in [6.45, 7) is 0.834. The SMILES string of the molecule is COc1ccc(C[C@@H]2C[C@@H](C(=O)NCc3ccc4c(c3)nnn4C)N(C(=O)[C@H](N)CCc3ccccc3)C2)cc1. The average Bonchev–Trinajstić information content (AvgIpc) is 3.58. The number of hydrogen-bond donors (Lipinski definition) is 2. The van der Waals surface area contributed by atoms with Crippen LogP contribution in [0.25, 0.3) is 11.0 Å². The van der Waals surface area contributed by atoms with Gasteiger partial charge >= 0.3 is 0 Å². The van der Waals surface area contributed by atoms with E-state index in [4.69, 9.17) is 10.5 Å². The van der Waals surface area contributed by atoms with Crippen LogP contribution in [0.2, 0.25) is 0 Å². The molecule has 0 aliphatic carbocycles. The fourth-order valence-electron chi connectivity index (χ4n) is 5.46. The molecule has 3 N–H and O–H groups in total. The van der Waals surface area contributed by atoms with E-state index in [-0.39, 0.29) is 17.7 Å². The van der Waals surface area contributed by atoms with Crippen molar-refractivity contribution in [2.45, 2.75) is 44.3 Å². The summed E-state index contributed by atoms with van der Waals surface area (Å²) in [6, 6.07) is 22.5. The molecule has 0 spiro atoms. The first-order chi connectivity index (χ1) is 19.4. The maximum atomic E-state index is 13.6. The molecule has 9 heteroatoms. The van der Waals surface area contributed by atoms with Gasteiger partial charge in [0.05, 0.1) is 18.7 Å². The van der Waals surface area contributed by atoms with E-state index in [9.17, 15) is 9.59 Å². The van der Waals surface area contributed by atoms with Crippen LogP contribution in [-0.4, -0.2) is 57.4 Å².